The van der Waals surface area contributed by atoms with Crippen molar-refractivity contribution in [3.8, 4) is 0 Å². The van der Waals surface area contributed by atoms with Crippen LogP contribution in [0.25, 0.3) is 0 Å². The molecule has 6 atom stereocenters. The molecule has 0 radical (unpaired) electrons. The Morgan fingerprint density at radius 2 is 1.93 bits per heavy atom. The molecular weight excluding hydrogens is 388 g/mol. The van der Waals surface area contributed by atoms with Crippen LogP contribution in [0.3, 0.4) is 0 Å². The molecule has 1 saturated carbocycles. The van der Waals surface area contributed by atoms with E-state index in [1.807, 2.05) is 18.2 Å². The lowest BCUT2D eigenvalue weighted by atomic mass is 9.89. The Morgan fingerprint density at radius 3 is 2.62 bits per heavy atom. The van der Waals surface area contributed by atoms with Crippen molar-refractivity contribution in [2.45, 2.75) is 76.3 Å². The van der Waals surface area contributed by atoms with Gasteiger partial charge in [-0.3, -0.25) is 0 Å². The Morgan fingerprint density at radius 1 is 1.14 bits per heavy atom. The molecule has 164 valence electrons. The minimum absolute atomic E-state index is 0.0623. The summed E-state index contributed by atoms with van der Waals surface area (Å²) in [6.07, 6.45) is 10.0. The van der Waals surface area contributed by atoms with Crippen LogP contribution in [0, 0.1) is 18.8 Å². The minimum atomic E-state index is -0.653. The molecule has 0 amide bonds. The zero-order valence-electron chi connectivity index (χ0n) is 17.2. The van der Waals surface area contributed by atoms with Crippen LogP contribution >= 0.6 is 11.3 Å². The van der Waals surface area contributed by atoms with Gasteiger partial charge in [-0.15, -0.1) is 11.3 Å². The molecule has 6 heteroatoms. The highest BCUT2D eigenvalue weighted by molar-refractivity contribution is 7.11. The molecule has 0 spiro atoms. The fraction of sp³-hybridized carbons (Fsp3) is 0.652. The summed E-state index contributed by atoms with van der Waals surface area (Å²) < 4.78 is 0. The maximum Gasteiger partial charge on any atom is 0.0771 e. The van der Waals surface area contributed by atoms with E-state index < -0.39 is 24.4 Å². The molecule has 1 aliphatic rings. The fourth-order valence-electron chi connectivity index (χ4n) is 3.90. The van der Waals surface area contributed by atoms with Gasteiger partial charge in [0.25, 0.3) is 0 Å². The number of aryl methyl sites for hydroxylation is 2. The first-order valence-electron chi connectivity index (χ1n) is 10.6. The topological polar surface area (TPSA) is 101 Å². The van der Waals surface area contributed by atoms with Crippen LogP contribution in [0.2, 0.25) is 0 Å². The Hall–Kier alpha value is -1.02. The molecular formula is C23H36O5S. The molecule has 0 saturated heterocycles. The smallest absolute Gasteiger partial charge is 0.0771 e. The average molecular weight is 425 g/mol. The van der Waals surface area contributed by atoms with Gasteiger partial charge in [0.1, 0.15) is 0 Å². The highest BCUT2D eigenvalue weighted by atomic mass is 32.1. The molecule has 1 heterocycles. The molecule has 1 aliphatic carbocycles. The Kier molecular flexibility index (Phi) is 10.6. The first-order chi connectivity index (χ1) is 13.9. The van der Waals surface area contributed by atoms with Crippen LogP contribution in [0.15, 0.2) is 36.4 Å². The molecule has 29 heavy (non-hydrogen) atoms. The van der Waals surface area contributed by atoms with Gasteiger partial charge in [0.05, 0.1) is 31.0 Å². The predicted octanol–water partition coefficient (Wildman–Crippen LogP) is 2.73. The van der Waals surface area contributed by atoms with Crippen LogP contribution in [-0.4, -0.2) is 56.6 Å². The van der Waals surface area contributed by atoms with Crippen LogP contribution in [0.4, 0.5) is 0 Å². The largest absolute Gasteiger partial charge is 0.394 e. The molecule has 0 aromatic carbocycles. The molecule has 5 nitrogen and oxygen atoms in total. The molecule has 1 unspecified atom stereocenters. The number of aliphatic hydroxyl groups excluding tert-OH is 5. The van der Waals surface area contributed by atoms with Crippen molar-refractivity contribution in [2.24, 2.45) is 11.8 Å². The third kappa shape index (κ3) is 8.32. The lowest BCUT2D eigenvalue weighted by molar-refractivity contribution is 0.0868. The zero-order chi connectivity index (χ0) is 21.2. The Balaban J connectivity index is 1.79. The molecule has 0 bridgehead atoms. The molecule has 1 aromatic heterocycles. The monoisotopic (exact) mass is 424 g/mol. The van der Waals surface area contributed by atoms with Crippen molar-refractivity contribution in [1.82, 2.24) is 0 Å². The van der Waals surface area contributed by atoms with Gasteiger partial charge < -0.3 is 25.5 Å². The van der Waals surface area contributed by atoms with Crippen molar-refractivity contribution >= 4 is 11.3 Å². The Labute approximate surface area is 178 Å². The highest BCUT2D eigenvalue weighted by Gasteiger charge is 2.39. The van der Waals surface area contributed by atoms with Crippen LogP contribution in [0.5, 0.6) is 0 Å². The van der Waals surface area contributed by atoms with E-state index in [1.54, 1.807) is 17.4 Å². The van der Waals surface area contributed by atoms with Gasteiger partial charge in [-0.25, -0.2) is 0 Å². The summed E-state index contributed by atoms with van der Waals surface area (Å²) in [5.74, 6) is -0.225. The van der Waals surface area contributed by atoms with E-state index in [1.165, 1.54) is 9.75 Å². The SMILES string of the molecule is Cc1ccc(CC[C@H](O)C=C[C@@H]2[C@@H](CC=CCCCC(O)CO)[C@@H](O)C[C@H]2O)s1. The van der Waals surface area contributed by atoms with E-state index >= 15 is 0 Å². The summed E-state index contributed by atoms with van der Waals surface area (Å²) >= 11 is 1.75. The van der Waals surface area contributed by atoms with Gasteiger partial charge in [0.15, 0.2) is 0 Å². The lowest BCUT2D eigenvalue weighted by Gasteiger charge is -2.19. The van der Waals surface area contributed by atoms with E-state index in [4.69, 9.17) is 5.11 Å². The van der Waals surface area contributed by atoms with Gasteiger partial charge >= 0.3 is 0 Å². The minimum Gasteiger partial charge on any atom is -0.394 e. The standard InChI is InChI=1S/C23H36O5S/c1-16-8-11-19(29-16)12-9-17(25)10-13-21-20(22(27)14-23(21)28)7-5-3-2-4-6-18(26)15-24/h3,5,8,10-11,13,17-18,20-28H,2,4,6-7,9,12,14-15H2,1H3/t17-,18?,20+,21+,22-,23+/m0/s1. The molecule has 1 fully saturated rings. The summed E-state index contributed by atoms with van der Waals surface area (Å²) in [5, 5.41) is 49.0. The second kappa shape index (κ2) is 12.6. The predicted molar refractivity (Wildman–Crippen MR) is 117 cm³/mol. The first kappa shape index (κ1) is 24.3. The highest BCUT2D eigenvalue weighted by Crippen LogP contribution is 2.36. The summed E-state index contributed by atoms with van der Waals surface area (Å²) in [5.41, 5.74) is 0. The maximum absolute atomic E-state index is 10.3. The average Bonchev–Trinajstić information content (AvgIpc) is 3.23. The van der Waals surface area contributed by atoms with E-state index in [0.29, 0.717) is 25.7 Å². The van der Waals surface area contributed by atoms with E-state index in [-0.39, 0.29) is 18.4 Å². The van der Waals surface area contributed by atoms with Gasteiger partial charge in [-0.2, -0.15) is 0 Å². The lowest BCUT2D eigenvalue weighted by Crippen LogP contribution is -2.20. The van der Waals surface area contributed by atoms with Crippen molar-refractivity contribution in [2.75, 3.05) is 6.61 Å². The summed E-state index contributed by atoms with van der Waals surface area (Å²) in [6.45, 7) is 1.87. The number of unbranched alkanes of at least 4 members (excludes halogenated alkanes) is 1. The van der Waals surface area contributed by atoms with E-state index in [2.05, 4.69) is 19.1 Å². The van der Waals surface area contributed by atoms with E-state index in [9.17, 15) is 20.4 Å². The van der Waals surface area contributed by atoms with Crippen molar-refractivity contribution < 1.29 is 25.5 Å². The maximum atomic E-state index is 10.3. The number of aliphatic hydroxyl groups is 5. The third-order valence-electron chi connectivity index (χ3n) is 5.65. The second-order valence-electron chi connectivity index (χ2n) is 8.09. The number of hydrogen-bond donors (Lipinski definition) is 5. The van der Waals surface area contributed by atoms with Crippen molar-refractivity contribution in [1.29, 1.82) is 0 Å². The molecule has 2 rings (SSSR count). The van der Waals surface area contributed by atoms with Gasteiger partial charge in [-0.05, 0) is 63.5 Å². The number of allylic oxidation sites excluding steroid dienone is 2. The fourth-order valence-corrected chi connectivity index (χ4v) is 4.81. The molecule has 1 aromatic rings. The Bertz CT molecular complexity index is 641. The first-order valence-corrected chi connectivity index (χ1v) is 11.4. The van der Waals surface area contributed by atoms with Crippen LogP contribution < -0.4 is 0 Å². The summed E-state index contributed by atoms with van der Waals surface area (Å²) in [7, 11) is 0. The normalized spacial score (nSPS) is 27.2. The number of rotatable bonds is 12. The van der Waals surface area contributed by atoms with Crippen molar-refractivity contribution in [3.05, 3.63) is 46.2 Å². The zero-order valence-corrected chi connectivity index (χ0v) is 18.0. The second-order valence-corrected chi connectivity index (χ2v) is 9.46. The van der Waals surface area contributed by atoms with Crippen molar-refractivity contribution in [3.63, 3.8) is 0 Å². The van der Waals surface area contributed by atoms with Crippen LogP contribution in [0.1, 0.15) is 48.3 Å². The van der Waals surface area contributed by atoms with E-state index in [0.717, 1.165) is 19.3 Å². The molecule has 0 aliphatic heterocycles. The number of thiophene rings is 1. The van der Waals surface area contributed by atoms with Crippen LogP contribution in [-0.2, 0) is 6.42 Å². The summed E-state index contributed by atoms with van der Waals surface area (Å²) in [6, 6.07) is 4.19. The third-order valence-corrected chi connectivity index (χ3v) is 6.71. The quantitative estimate of drug-likeness (QED) is 0.262. The number of hydrogen-bond acceptors (Lipinski definition) is 6. The van der Waals surface area contributed by atoms with Gasteiger partial charge in [0, 0.05) is 22.1 Å². The van der Waals surface area contributed by atoms with Gasteiger partial charge in [-0.1, -0.05) is 24.3 Å². The molecule has 5 N–H and O–H groups in total. The van der Waals surface area contributed by atoms with Gasteiger partial charge in [0.2, 0.25) is 0 Å². The summed E-state index contributed by atoms with van der Waals surface area (Å²) in [4.78, 5) is 2.54.